The third-order valence-corrected chi connectivity index (χ3v) is 4.69. The van der Waals surface area contributed by atoms with E-state index in [0.717, 1.165) is 12.8 Å². The minimum atomic E-state index is -3.54. The minimum absolute atomic E-state index is 0.109. The van der Waals surface area contributed by atoms with E-state index in [2.05, 4.69) is 15.1 Å². The van der Waals surface area contributed by atoms with Gasteiger partial charge in [-0.15, -0.1) is 0 Å². The van der Waals surface area contributed by atoms with Crippen molar-refractivity contribution in [2.45, 2.75) is 36.7 Å². The first-order chi connectivity index (χ1) is 9.62. The molecule has 1 saturated carbocycles. The number of nitrogens with zero attached hydrogens (tertiary/aromatic N) is 1. The van der Waals surface area contributed by atoms with Crippen LogP contribution in [0, 0.1) is 0 Å². The molecular weight excluding hydrogens is 280 g/mol. The van der Waals surface area contributed by atoms with Crippen molar-refractivity contribution in [2.24, 2.45) is 5.84 Å². The Bertz CT molecular complexity index is 512. The van der Waals surface area contributed by atoms with Crippen molar-refractivity contribution in [2.75, 3.05) is 18.6 Å². The summed E-state index contributed by atoms with van der Waals surface area (Å²) < 4.78 is 32.0. The summed E-state index contributed by atoms with van der Waals surface area (Å²) in [6.45, 7) is 0.648. The molecule has 1 aromatic heterocycles. The van der Waals surface area contributed by atoms with E-state index in [1.54, 1.807) is 0 Å². The van der Waals surface area contributed by atoms with Crippen LogP contribution in [0.4, 0.5) is 5.82 Å². The zero-order valence-corrected chi connectivity index (χ0v) is 12.0. The SMILES string of the molecule is NNc1ccc(S(=O)(=O)NCCOC2CCCC2)cn1. The maximum absolute atomic E-state index is 12.0. The maximum atomic E-state index is 12.0. The summed E-state index contributed by atoms with van der Waals surface area (Å²) in [5.41, 5.74) is 2.34. The van der Waals surface area contributed by atoms with E-state index in [4.69, 9.17) is 10.6 Å². The molecule has 7 nitrogen and oxygen atoms in total. The van der Waals surface area contributed by atoms with Crippen LogP contribution >= 0.6 is 0 Å². The van der Waals surface area contributed by atoms with Crippen molar-refractivity contribution >= 4 is 15.8 Å². The number of hydrogen-bond donors (Lipinski definition) is 3. The molecule has 20 heavy (non-hydrogen) atoms. The second kappa shape index (κ2) is 6.98. The molecule has 0 bridgehead atoms. The molecule has 0 amide bonds. The highest BCUT2D eigenvalue weighted by molar-refractivity contribution is 7.89. The number of ether oxygens (including phenoxy) is 1. The summed E-state index contributed by atoms with van der Waals surface area (Å²) in [7, 11) is -3.54. The van der Waals surface area contributed by atoms with Crippen LogP contribution in [0.2, 0.25) is 0 Å². The van der Waals surface area contributed by atoms with Crippen LogP contribution in [0.5, 0.6) is 0 Å². The van der Waals surface area contributed by atoms with Crippen molar-refractivity contribution in [3.63, 3.8) is 0 Å². The second-order valence-corrected chi connectivity index (χ2v) is 6.47. The van der Waals surface area contributed by atoms with E-state index in [-0.39, 0.29) is 17.5 Å². The molecule has 0 radical (unpaired) electrons. The number of hydrogen-bond acceptors (Lipinski definition) is 6. The molecular formula is C12H20N4O3S. The van der Waals surface area contributed by atoms with E-state index in [0.29, 0.717) is 12.4 Å². The molecule has 1 fully saturated rings. The molecule has 0 atom stereocenters. The zero-order valence-electron chi connectivity index (χ0n) is 11.2. The van der Waals surface area contributed by atoms with Crippen LogP contribution in [-0.4, -0.2) is 32.7 Å². The summed E-state index contributed by atoms with van der Waals surface area (Å²) in [6, 6.07) is 2.95. The van der Waals surface area contributed by atoms with Gasteiger partial charge in [0.15, 0.2) is 0 Å². The third kappa shape index (κ3) is 4.14. The molecule has 1 heterocycles. The van der Waals surface area contributed by atoms with Crippen LogP contribution in [-0.2, 0) is 14.8 Å². The number of sulfonamides is 1. The predicted molar refractivity (Wildman–Crippen MR) is 75.4 cm³/mol. The average Bonchev–Trinajstić information content (AvgIpc) is 2.97. The van der Waals surface area contributed by atoms with Crippen molar-refractivity contribution in [3.05, 3.63) is 18.3 Å². The van der Waals surface area contributed by atoms with Crippen molar-refractivity contribution in [3.8, 4) is 0 Å². The summed E-state index contributed by atoms with van der Waals surface area (Å²) in [6.07, 6.45) is 6.09. The number of nitrogens with one attached hydrogen (secondary N) is 2. The Kier molecular flexibility index (Phi) is 5.30. The summed E-state index contributed by atoms with van der Waals surface area (Å²) in [5, 5.41) is 0. The standard InChI is InChI=1S/C12H20N4O3S/c13-16-12-6-5-11(9-14-12)20(17,18)15-7-8-19-10-3-1-2-4-10/h5-6,9-10,15H,1-4,7-8,13H2,(H,14,16). The van der Waals surface area contributed by atoms with Gasteiger partial charge in [0.1, 0.15) is 10.7 Å². The summed E-state index contributed by atoms with van der Waals surface area (Å²) in [4.78, 5) is 3.98. The molecule has 0 aliphatic heterocycles. The predicted octanol–water partition coefficient (Wildman–Crippen LogP) is 0.605. The van der Waals surface area contributed by atoms with E-state index >= 15 is 0 Å². The number of anilines is 1. The van der Waals surface area contributed by atoms with Crippen molar-refractivity contribution in [1.29, 1.82) is 0 Å². The number of aromatic nitrogens is 1. The fourth-order valence-corrected chi connectivity index (χ4v) is 3.12. The Morgan fingerprint density at radius 1 is 1.35 bits per heavy atom. The highest BCUT2D eigenvalue weighted by Crippen LogP contribution is 2.20. The van der Waals surface area contributed by atoms with Crippen LogP contribution < -0.4 is 16.0 Å². The molecule has 4 N–H and O–H groups in total. The number of nitrogens with two attached hydrogens (primary N) is 1. The number of nitrogen functional groups attached to an aromatic ring is 1. The van der Waals surface area contributed by atoms with Crippen LogP contribution in [0.3, 0.4) is 0 Å². The summed E-state index contributed by atoms with van der Waals surface area (Å²) >= 11 is 0. The topological polar surface area (TPSA) is 106 Å². The third-order valence-electron chi connectivity index (χ3n) is 3.24. The first kappa shape index (κ1) is 15.2. The van der Waals surface area contributed by atoms with Gasteiger partial charge in [-0.3, -0.25) is 0 Å². The molecule has 0 spiro atoms. The van der Waals surface area contributed by atoms with Gasteiger partial charge in [-0.05, 0) is 25.0 Å². The first-order valence-electron chi connectivity index (χ1n) is 6.66. The minimum Gasteiger partial charge on any atom is -0.377 e. The Balaban J connectivity index is 1.80. The van der Waals surface area contributed by atoms with E-state index < -0.39 is 10.0 Å². The molecule has 112 valence electrons. The van der Waals surface area contributed by atoms with Gasteiger partial charge in [-0.2, -0.15) is 0 Å². The summed E-state index contributed by atoms with van der Waals surface area (Å²) in [5.74, 6) is 5.58. The Hall–Kier alpha value is -1.22. The van der Waals surface area contributed by atoms with Gasteiger partial charge >= 0.3 is 0 Å². The molecule has 2 rings (SSSR count). The van der Waals surface area contributed by atoms with Crippen LogP contribution in [0.15, 0.2) is 23.2 Å². The fourth-order valence-electron chi connectivity index (χ4n) is 2.16. The number of rotatable bonds is 7. The molecule has 8 heteroatoms. The molecule has 1 aromatic rings. The monoisotopic (exact) mass is 300 g/mol. The highest BCUT2D eigenvalue weighted by atomic mass is 32.2. The normalized spacial score (nSPS) is 16.4. The molecule has 0 aromatic carbocycles. The van der Waals surface area contributed by atoms with Gasteiger partial charge in [0.2, 0.25) is 10.0 Å². The van der Waals surface area contributed by atoms with Crippen LogP contribution in [0.1, 0.15) is 25.7 Å². The van der Waals surface area contributed by atoms with Crippen molar-refractivity contribution < 1.29 is 13.2 Å². The fraction of sp³-hybridized carbons (Fsp3) is 0.583. The molecule has 1 aliphatic rings. The highest BCUT2D eigenvalue weighted by Gasteiger charge is 2.17. The second-order valence-electron chi connectivity index (χ2n) is 4.70. The lowest BCUT2D eigenvalue weighted by atomic mass is 10.3. The van der Waals surface area contributed by atoms with E-state index in [1.807, 2.05) is 0 Å². The van der Waals surface area contributed by atoms with Crippen molar-refractivity contribution in [1.82, 2.24) is 9.71 Å². The van der Waals surface area contributed by atoms with Gasteiger partial charge in [0.25, 0.3) is 0 Å². The maximum Gasteiger partial charge on any atom is 0.242 e. The molecule has 1 aliphatic carbocycles. The number of pyridine rings is 1. The Morgan fingerprint density at radius 3 is 2.70 bits per heavy atom. The quantitative estimate of drug-likeness (QED) is 0.387. The van der Waals surface area contributed by atoms with E-state index in [9.17, 15) is 8.42 Å². The lowest BCUT2D eigenvalue weighted by Gasteiger charge is -2.11. The first-order valence-corrected chi connectivity index (χ1v) is 8.14. The molecule has 0 unspecified atom stereocenters. The Labute approximate surface area is 118 Å². The molecule has 0 saturated heterocycles. The van der Waals surface area contributed by atoms with Gasteiger partial charge in [0, 0.05) is 12.7 Å². The zero-order chi connectivity index (χ0) is 14.4. The van der Waals surface area contributed by atoms with Crippen LogP contribution in [0.25, 0.3) is 0 Å². The van der Waals surface area contributed by atoms with Gasteiger partial charge < -0.3 is 10.2 Å². The Morgan fingerprint density at radius 2 is 2.10 bits per heavy atom. The van der Waals surface area contributed by atoms with Gasteiger partial charge in [-0.1, -0.05) is 12.8 Å². The van der Waals surface area contributed by atoms with Gasteiger partial charge in [-0.25, -0.2) is 24.0 Å². The number of hydrazine groups is 1. The lowest BCUT2D eigenvalue weighted by molar-refractivity contribution is 0.0626. The largest absolute Gasteiger partial charge is 0.377 e. The van der Waals surface area contributed by atoms with E-state index in [1.165, 1.54) is 31.2 Å². The lowest BCUT2D eigenvalue weighted by Crippen LogP contribution is -2.28. The van der Waals surface area contributed by atoms with Gasteiger partial charge in [0.05, 0.1) is 12.7 Å². The smallest absolute Gasteiger partial charge is 0.242 e. The average molecular weight is 300 g/mol.